The summed E-state index contributed by atoms with van der Waals surface area (Å²) < 4.78 is 12.9. The van der Waals surface area contributed by atoms with E-state index in [4.69, 9.17) is 14.9 Å². The van der Waals surface area contributed by atoms with Crippen molar-refractivity contribution in [2.75, 3.05) is 12.3 Å². The van der Waals surface area contributed by atoms with Gasteiger partial charge < -0.3 is 14.9 Å². The molecule has 9 nitrogen and oxygen atoms in total. The molecule has 3 heterocycles. The Balaban J connectivity index is 1.45. The van der Waals surface area contributed by atoms with E-state index in [-0.39, 0.29) is 23.7 Å². The van der Waals surface area contributed by atoms with Gasteiger partial charge in [-0.15, -0.1) is 10.2 Å². The lowest BCUT2D eigenvalue weighted by Gasteiger charge is -2.09. The number of aryl methyl sites for hydroxylation is 1. The standard InChI is InChI=1S/C22H22N6O3S/c1-3-30-21(29)16-12(2)31-20-17(16)18(23)24-15(25-20)11-32-22-27-26-19(13-9-10-13)28(22)14-7-5-4-6-8-14/h4-8,13H,3,9-11H2,1-2H3,(H2,23,24,25). The van der Waals surface area contributed by atoms with Gasteiger partial charge in [-0.25, -0.2) is 9.78 Å². The Kier molecular flexibility index (Phi) is 5.30. The highest BCUT2D eigenvalue weighted by Gasteiger charge is 2.31. The lowest BCUT2D eigenvalue weighted by molar-refractivity contribution is 0.0526. The van der Waals surface area contributed by atoms with Crippen molar-refractivity contribution in [3.63, 3.8) is 0 Å². The smallest absolute Gasteiger partial charge is 0.342 e. The molecular formula is C22H22N6O3S. The molecule has 0 amide bonds. The first-order chi connectivity index (χ1) is 15.6. The first-order valence-electron chi connectivity index (χ1n) is 10.4. The number of ether oxygens (including phenoxy) is 1. The quantitative estimate of drug-likeness (QED) is 0.328. The van der Waals surface area contributed by atoms with Crippen LogP contribution in [-0.4, -0.2) is 37.3 Å². The fourth-order valence-corrected chi connectivity index (χ4v) is 4.44. The number of nitrogens with zero attached hydrogens (tertiary/aromatic N) is 5. The van der Waals surface area contributed by atoms with Crippen LogP contribution in [0.4, 0.5) is 5.82 Å². The number of anilines is 1. The number of carbonyl (C=O) groups is 1. The molecule has 4 aromatic rings. The molecule has 32 heavy (non-hydrogen) atoms. The van der Waals surface area contributed by atoms with E-state index in [2.05, 4.69) is 24.7 Å². The number of furan rings is 1. The van der Waals surface area contributed by atoms with Crippen LogP contribution >= 0.6 is 11.8 Å². The number of hydrogen-bond acceptors (Lipinski definition) is 9. The molecule has 0 bridgehead atoms. The summed E-state index contributed by atoms with van der Waals surface area (Å²) in [5.74, 6) is 2.44. The molecular weight excluding hydrogens is 428 g/mol. The highest BCUT2D eigenvalue weighted by Crippen LogP contribution is 2.41. The van der Waals surface area contributed by atoms with Gasteiger partial charge in [0.15, 0.2) is 5.16 Å². The van der Waals surface area contributed by atoms with Crippen molar-refractivity contribution < 1.29 is 13.9 Å². The lowest BCUT2D eigenvalue weighted by atomic mass is 10.2. The number of benzene rings is 1. The zero-order valence-corrected chi connectivity index (χ0v) is 18.6. The maximum Gasteiger partial charge on any atom is 0.342 e. The number of aromatic nitrogens is 5. The number of nitrogen functional groups attached to an aromatic ring is 1. The van der Waals surface area contributed by atoms with Gasteiger partial charge in [-0.1, -0.05) is 30.0 Å². The Morgan fingerprint density at radius 1 is 1.25 bits per heavy atom. The molecule has 0 radical (unpaired) electrons. The third-order valence-corrected chi connectivity index (χ3v) is 6.15. The molecule has 0 atom stereocenters. The summed E-state index contributed by atoms with van der Waals surface area (Å²) in [6.07, 6.45) is 2.26. The Morgan fingerprint density at radius 3 is 2.75 bits per heavy atom. The Hall–Kier alpha value is -3.40. The first-order valence-corrected chi connectivity index (χ1v) is 11.4. The fraction of sp³-hybridized carbons (Fsp3) is 0.318. The van der Waals surface area contributed by atoms with Gasteiger partial charge in [-0.3, -0.25) is 4.57 Å². The highest BCUT2D eigenvalue weighted by atomic mass is 32.2. The number of rotatable bonds is 7. The summed E-state index contributed by atoms with van der Waals surface area (Å²) in [5, 5.41) is 10.0. The average molecular weight is 451 g/mol. The Bertz CT molecular complexity index is 1300. The molecule has 0 aliphatic heterocycles. The first kappa shape index (κ1) is 20.5. The van der Waals surface area contributed by atoms with Gasteiger partial charge in [0.2, 0.25) is 5.71 Å². The van der Waals surface area contributed by atoms with E-state index < -0.39 is 5.97 Å². The van der Waals surface area contributed by atoms with Gasteiger partial charge in [0.1, 0.15) is 28.8 Å². The monoisotopic (exact) mass is 450 g/mol. The van der Waals surface area contributed by atoms with Gasteiger partial charge >= 0.3 is 5.97 Å². The maximum atomic E-state index is 12.3. The lowest BCUT2D eigenvalue weighted by Crippen LogP contribution is -2.07. The minimum absolute atomic E-state index is 0.189. The van der Waals surface area contributed by atoms with Crippen LogP contribution in [0.1, 0.15) is 53.5 Å². The Labute approximate surface area is 188 Å². The highest BCUT2D eigenvalue weighted by molar-refractivity contribution is 7.98. The number of para-hydroxylation sites is 1. The number of thioether (sulfide) groups is 1. The van der Waals surface area contributed by atoms with Crippen LogP contribution in [-0.2, 0) is 10.5 Å². The van der Waals surface area contributed by atoms with Crippen LogP contribution in [0.25, 0.3) is 16.8 Å². The second-order valence-electron chi connectivity index (χ2n) is 7.53. The third-order valence-electron chi connectivity index (χ3n) is 5.23. The van der Waals surface area contributed by atoms with E-state index in [9.17, 15) is 4.79 Å². The van der Waals surface area contributed by atoms with Crippen molar-refractivity contribution in [1.82, 2.24) is 24.7 Å². The maximum absolute atomic E-state index is 12.3. The SMILES string of the molecule is CCOC(=O)c1c(C)oc2nc(CSc3nnc(C4CC4)n3-c3ccccc3)nc(N)c12. The summed E-state index contributed by atoms with van der Waals surface area (Å²) in [5.41, 5.74) is 7.76. The van der Waals surface area contributed by atoms with Crippen molar-refractivity contribution in [3.05, 3.63) is 53.3 Å². The van der Waals surface area contributed by atoms with E-state index in [0.717, 1.165) is 29.5 Å². The van der Waals surface area contributed by atoms with Crippen LogP contribution in [0, 0.1) is 6.92 Å². The summed E-state index contributed by atoms with van der Waals surface area (Å²) in [6, 6.07) is 10.1. The number of carbonyl (C=O) groups excluding carboxylic acids is 1. The van der Waals surface area contributed by atoms with Crippen molar-refractivity contribution in [2.24, 2.45) is 0 Å². The largest absolute Gasteiger partial charge is 0.462 e. The van der Waals surface area contributed by atoms with E-state index >= 15 is 0 Å². The van der Waals surface area contributed by atoms with Crippen molar-refractivity contribution in [1.29, 1.82) is 0 Å². The van der Waals surface area contributed by atoms with Crippen molar-refractivity contribution in [3.8, 4) is 5.69 Å². The van der Waals surface area contributed by atoms with E-state index in [0.29, 0.717) is 28.6 Å². The molecule has 0 unspecified atom stereocenters. The molecule has 164 valence electrons. The predicted molar refractivity (Wildman–Crippen MR) is 120 cm³/mol. The zero-order chi connectivity index (χ0) is 22.2. The second-order valence-corrected chi connectivity index (χ2v) is 8.48. The zero-order valence-electron chi connectivity index (χ0n) is 17.7. The van der Waals surface area contributed by atoms with Gasteiger partial charge in [0.05, 0.1) is 17.7 Å². The molecule has 10 heteroatoms. The normalized spacial score (nSPS) is 13.6. The molecule has 1 aliphatic rings. The number of esters is 1. The molecule has 0 spiro atoms. The molecule has 5 rings (SSSR count). The van der Waals surface area contributed by atoms with E-state index in [1.54, 1.807) is 13.8 Å². The average Bonchev–Trinajstić information content (AvgIpc) is 3.44. The molecule has 1 saturated carbocycles. The summed E-state index contributed by atoms with van der Waals surface area (Å²) in [7, 11) is 0. The second kappa shape index (κ2) is 8.27. The molecule has 2 N–H and O–H groups in total. The Morgan fingerprint density at radius 2 is 2.03 bits per heavy atom. The fourth-order valence-electron chi connectivity index (χ4n) is 3.63. The molecule has 1 aromatic carbocycles. The molecule has 0 saturated heterocycles. The minimum Gasteiger partial charge on any atom is -0.462 e. The number of hydrogen-bond donors (Lipinski definition) is 1. The third kappa shape index (κ3) is 3.70. The molecule has 3 aromatic heterocycles. The summed E-state index contributed by atoms with van der Waals surface area (Å²) in [4.78, 5) is 21.2. The van der Waals surface area contributed by atoms with Crippen molar-refractivity contribution in [2.45, 2.75) is 43.5 Å². The molecule has 1 fully saturated rings. The summed E-state index contributed by atoms with van der Waals surface area (Å²) in [6.45, 7) is 3.68. The van der Waals surface area contributed by atoms with Gasteiger partial charge in [-0.05, 0) is 38.8 Å². The molecule has 1 aliphatic carbocycles. The van der Waals surface area contributed by atoms with Crippen molar-refractivity contribution >= 4 is 34.6 Å². The minimum atomic E-state index is -0.496. The number of fused-ring (bicyclic) bond motifs is 1. The van der Waals surface area contributed by atoms with Gasteiger partial charge in [-0.2, -0.15) is 4.98 Å². The van der Waals surface area contributed by atoms with Crippen LogP contribution < -0.4 is 5.73 Å². The van der Waals surface area contributed by atoms with E-state index in [1.807, 2.05) is 30.3 Å². The van der Waals surface area contributed by atoms with E-state index in [1.165, 1.54) is 11.8 Å². The summed E-state index contributed by atoms with van der Waals surface area (Å²) >= 11 is 1.48. The van der Waals surface area contributed by atoms with Crippen LogP contribution in [0.2, 0.25) is 0 Å². The van der Waals surface area contributed by atoms with Crippen LogP contribution in [0.5, 0.6) is 0 Å². The number of nitrogens with two attached hydrogens (primary N) is 1. The topological polar surface area (TPSA) is 122 Å². The predicted octanol–water partition coefficient (Wildman–Crippen LogP) is 4.04. The van der Waals surface area contributed by atoms with Crippen LogP contribution in [0.3, 0.4) is 0 Å². The van der Waals surface area contributed by atoms with Gasteiger partial charge in [0, 0.05) is 11.6 Å². The van der Waals surface area contributed by atoms with Gasteiger partial charge in [0.25, 0.3) is 0 Å². The van der Waals surface area contributed by atoms with Crippen LogP contribution in [0.15, 0.2) is 39.9 Å².